The number of nitrogen functional groups attached to an aromatic ring is 1. The van der Waals surface area contributed by atoms with Crippen LogP contribution in [0.4, 0.5) is 5.69 Å². The fraction of sp³-hybridized carbons (Fsp3) is 0.184. The maximum atomic E-state index is 12.9. The third kappa shape index (κ3) is 13.1. The second-order valence-electron chi connectivity index (χ2n) is 9.16. The molecular formula is C38H36N4O5S3. The summed E-state index contributed by atoms with van der Waals surface area (Å²) in [4.78, 5) is 13.5. The lowest BCUT2D eigenvalue weighted by Crippen LogP contribution is -2.01. The van der Waals surface area contributed by atoms with Crippen LogP contribution >= 0.6 is 22.7 Å². The van der Waals surface area contributed by atoms with Crippen molar-refractivity contribution in [1.82, 2.24) is 9.97 Å². The number of fused-ring (bicyclic) bond motifs is 1. The van der Waals surface area contributed by atoms with Crippen molar-refractivity contribution in [2.75, 3.05) is 31.7 Å². The predicted octanol–water partition coefficient (Wildman–Crippen LogP) is 8.24. The van der Waals surface area contributed by atoms with E-state index in [4.69, 9.17) is 30.4 Å². The summed E-state index contributed by atoms with van der Waals surface area (Å²) >= 11 is 2.93. The Balaban J connectivity index is 0.000000377. The normalized spacial score (nSPS) is 9.98. The maximum absolute atomic E-state index is 12.9. The smallest absolute Gasteiger partial charge is 0.177 e. The van der Waals surface area contributed by atoms with Gasteiger partial charge in [-0.3, -0.25) is 4.21 Å². The highest BCUT2D eigenvalue weighted by Crippen LogP contribution is 2.43. The van der Waals surface area contributed by atoms with Crippen molar-refractivity contribution in [1.29, 1.82) is 0 Å². The molecule has 0 aliphatic carbocycles. The fourth-order valence-corrected chi connectivity index (χ4v) is 7.11. The predicted molar refractivity (Wildman–Crippen MR) is 205 cm³/mol. The number of thiophene rings is 1. The summed E-state index contributed by atoms with van der Waals surface area (Å²) in [6.07, 6.45) is 6.91. The van der Waals surface area contributed by atoms with Crippen LogP contribution in [0.1, 0.15) is 19.8 Å². The van der Waals surface area contributed by atoms with E-state index in [0.29, 0.717) is 27.2 Å². The first-order valence-electron chi connectivity index (χ1n) is 14.8. The van der Waals surface area contributed by atoms with E-state index in [0.717, 1.165) is 57.4 Å². The molecule has 0 saturated carbocycles. The van der Waals surface area contributed by atoms with Gasteiger partial charge in [0.2, 0.25) is 0 Å². The van der Waals surface area contributed by atoms with E-state index >= 15 is 0 Å². The Morgan fingerprint density at radius 1 is 1.16 bits per heavy atom. The number of allylic oxidation sites excluding steroid dienone is 1. The van der Waals surface area contributed by atoms with Crippen LogP contribution in [0.2, 0.25) is 0 Å². The number of nitrogens with two attached hydrogens (primary N) is 1. The molecule has 1 atom stereocenters. The lowest BCUT2D eigenvalue weighted by atomic mass is 10.0. The minimum atomic E-state index is -1.15. The Morgan fingerprint density at radius 2 is 1.90 bits per heavy atom. The summed E-state index contributed by atoms with van der Waals surface area (Å²) in [5, 5.41) is 20.8. The monoisotopic (exact) mass is 724 g/mol. The standard InChI is InChI=1S/C22H23N3O3S3.C9H9NO2.C7H4/c1-2-3-12-31(27)22-19(23)18-16(14-4-6-15(7-5-14)28-10-9-26)13-17(25-21(18)30-22)20-24-8-11-29-20;1-3-9(12-8-7-11)5-4-6-10-2;1-3-5-7-6-4-2/h4-8,11,13,26H,2-3,9-10,12,23H2,1H3;3,7-8,11H,1H2,2H3;1-2H2/b;8-7+;. The summed E-state index contributed by atoms with van der Waals surface area (Å²) in [6, 6.07) is 9.63. The first-order valence-corrected chi connectivity index (χ1v) is 17.8. The average Bonchev–Trinajstić information content (AvgIpc) is 3.80. The molecule has 3 aromatic heterocycles. The maximum Gasteiger partial charge on any atom is 0.177 e. The second kappa shape index (κ2) is 23.7. The van der Waals surface area contributed by atoms with Crippen molar-refractivity contribution < 1.29 is 23.9 Å². The molecule has 0 saturated heterocycles. The number of aliphatic hydroxyl groups is 2. The summed E-state index contributed by atoms with van der Waals surface area (Å²) in [5.74, 6) is 4.03. The lowest BCUT2D eigenvalue weighted by Gasteiger charge is -2.09. The molecular weight excluding hydrogens is 689 g/mol. The van der Waals surface area contributed by atoms with Gasteiger partial charge in [0.1, 0.15) is 44.6 Å². The third-order valence-corrected chi connectivity index (χ3v) is 9.62. The highest BCUT2D eigenvalue weighted by Gasteiger charge is 2.21. The number of benzene rings is 1. The molecule has 0 amide bonds. The van der Waals surface area contributed by atoms with E-state index in [2.05, 4.69) is 82.6 Å². The van der Waals surface area contributed by atoms with Gasteiger partial charge in [0.05, 0.1) is 23.1 Å². The van der Waals surface area contributed by atoms with E-state index in [1.54, 1.807) is 13.2 Å². The zero-order valence-corrected chi connectivity index (χ0v) is 30.1. The van der Waals surface area contributed by atoms with Crippen LogP contribution in [-0.2, 0) is 15.5 Å². The Kier molecular flexibility index (Phi) is 19.2. The fourth-order valence-electron chi connectivity index (χ4n) is 3.72. The molecule has 12 heteroatoms. The molecule has 4 N–H and O–H groups in total. The topological polar surface area (TPSA) is 140 Å². The van der Waals surface area contributed by atoms with Crippen molar-refractivity contribution in [3.63, 3.8) is 0 Å². The number of thiazole rings is 1. The van der Waals surface area contributed by atoms with Gasteiger partial charge in [-0.1, -0.05) is 43.5 Å². The summed E-state index contributed by atoms with van der Waals surface area (Å²) < 4.78 is 23.8. The molecule has 50 heavy (non-hydrogen) atoms. The molecule has 0 radical (unpaired) electrons. The van der Waals surface area contributed by atoms with Crippen molar-refractivity contribution in [2.45, 2.75) is 24.0 Å². The van der Waals surface area contributed by atoms with Crippen LogP contribution in [0.25, 0.3) is 32.0 Å². The summed E-state index contributed by atoms with van der Waals surface area (Å²) in [6.45, 7) is 12.2. The number of pyridine rings is 1. The zero-order chi connectivity index (χ0) is 36.6. The highest BCUT2D eigenvalue weighted by molar-refractivity contribution is 7.87. The van der Waals surface area contributed by atoms with Crippen molar-refractivity contribution in [2.24, 2.45) is 4.99 Å². The average molecular weight is 725 g/mol. The van der Waals surface area contributed by atoms with E-state index in [1.807, 2.05) is 35.7 Å². The zero-order valence-electron chi connectivity index (χ0n) is 27.7. The molecule has 1 aromatic carbocycles. The van der Waals surface area contributed by atoms with Crippen LogP contribution in [0.3, 0.4) is 0 Å². The molecule has 0 fully saturated rings. The first kappa shape index (κ1) is 40.6. The van der Waals surface area contributed by atoms with Gasteiger partial charge in [0, 0.05) is 41.4 Å². The Labute approximate surface area is 302 Å². The van der Waals surface area contributed by atoms with Gasteiger partial charge in [-0.2, -0.15) is 0 Å². The Morgan fingerprint density at radius 3 is 2.48 bits per heavy atom. The molecule has 3 heterocycles. The van der Waals surface area contributed by atoms with Crippen molar-refractivity contribution in [3.05, 3.63) is 126 Å². The first-order chi connectivity index (χ1) is 24.4. The minimum Gasteiger partial charge on any atom is -0.512 e. The molecule has 0 bridgehead atoms. The molecule has 9 nitrogen and oxygen atoms in total. The molecule has 0 aliphatic rings. The molecule has 0 spiro atoms. The van der Waals surface area contributed by atoms with Crippen LogP contribution in [0, 0.1) is 0 Å². The molecule has 4 rings (SSSR count). The number of aliphatic imine (C=N–C) groups is 1. The molecule has 256 valence electrons. The van der Waals surface area contributed by atoms with E-state index in [-0.39, 0.29) is 13.2 Å². The van der Waals surface area contributed by atoms with Gasteiger partial charge in [-0.25, -0.2) is 15.0 Å². The largest absolute Gasteiger partial charge is 0.512 e. The number of hydrogen-bond donors (Lipinski definition) is 3. The van der Waals surface area contributed by atoms with Gasteiger partial charge >= 0.3 is 0 Å². The number of hydrogen-bond acceptors (Lipinski definition) is 11. The number of aliphatic hydroxyl groups excluding tert-OH is 2. The van der Waals surface area contributed by atoms with Crippen molar-refractivity contribution >= 4 is 55.2 Å². The quantitative estimate of drug-likeness (QED) is 0.0575. The van der Waals surface area contributed by atoms with Gasteiger partial charge < -0.3 is 25.4 Å². The number of rotatable bonds is 12. The van der Waals surface area contributed by atoms with Gasteiger partial charge in [0.25, 0.3) is 0 Å². The summed E-state index contributed by atoms with van der Waals surface area (Å²) in [5.41, 5.74) is 26.8. The minimum absolute atomic E-state index is 0.0344. The van der Waals surface area contributed by atoms with Gasteiger partial charge in [-0.05, 0) is 77.9 Å². The van der Waals surface area contributed by atoms with Gasteiger partial charge in [0.15, 0.2) is 5.76 Å². The van der Waals surface area contributed by atoms with Crippen LogP contribution < -0.4 is 10.5 Å². The third-order valence-electron chi connectivity index (χ3n) is 5.83. The number of unbranched alkanes of at least 4 members (excludes halogenated alkanes) is 1. The number of anilines is 1. The highest BCUT2D eigenvalue weighted by atomic mass is 32.2. The number of nitrogens with zero attached hydrogens (tertiary/aromatic N) is 3. The lowest BCUT2D eigenvalue weighted by molar-refractivity contribution is 0.201. The van der Waals surface area contributed by atoms with Crippen LogP contribution in [0.5, 0.6) is 5.75 Å². The van der Waals surface area contributed by atoms with E-state index in [1.165, 1.54) is 28.7 Å². The molecule has 0 aliphatic heterocycles. The van der Waals surface area contributed by atoms with Crippen molar-refractivity contribution in [3.8, 4) is 27.6 Å². The Bertz CT molecular complexity index is 2080. The van der Waals surface area contributed by atoms with Crippen LogP contribution in [-0.4, -0.2) is 56.3 Å². The van der Waals surface area contributed by atoms with E-state index in [9.17, 15) is 4.21 Å². The van der Waals surface area contributed by atoms with Crippen LogP contribution in [0.15, 0.2) is 135 Å². The van der Waals surface area contributed by atoms with Gasteiger partial charge in [-0.15, -0.1) is 22.7 Å². The number of aromatic nitrogens is 2. The number of ether oxygens (including phenoxy) is 2. The molecule has 4 aromatic rings. The Hall–Kier alpha value is -5.60. The summed E-state index contributed by atoms with van der Waals surface area (Å²) in [7, 11) is 0.420. The second-order valence-corrected chi connectivity index (χ2v) is 12.8. The molecule has 1 unspecified atom stereocenters. The van der Waals surface area contributed by atoms with E-state index < -0.39 is 10.8 Å². The SMILES string of the molecule is C=C=C=C=C=C=C.C=CC(=C=C=C=NC)O/C=C/O.CCCCS(=O)c1sc2nc(-c3nccs3)cc(-c3ccc(OCCO)cc3)c2c1N.